The van der Waals surface area contributed by atoms with Gasteiger partial charge in [-0.2, -0.15) is 4.68 Å². The molecule has 0 aliphatic rings. The molecule has 3 aromatic rings. The standard InChI is InChI=1S/C13H8ClF2N5/c14-9-5-7(15)6-10(16)12(9)21-13(18-19-20-21)8-3-1-2-4-11(8)17/h1-6H,17H2. The molecule has 1 heterocycles. The molecule has 8 heteroatoms. The minimum absolute atomic E-state index is 0.138. The van der Waals surface area contributed by atoms with Crippen molar-refractivity contribution in [3.05, 3.63) is 53.1 Å². The molecule has 0 aliphatic carbocycles. The van der Waals surface area contributed by atoms with Crippen LogP contribution in [0.2, 0.25) is 5.02 Å². The van der Waals surface area contributed by atoms with Gasteiger partial charge in [0, 0.05) is 17.3 Å². The molecule has 0 bridgehead atoms. The molecule has 0 unspecified atom stereocenters. The maximum absolute atomic E-state index is 14.0. The van der Waals surface area contributed by atoms with Crippen LogP contribution < -0.4 is 5.73 Å². The maximum atomic E-state index is 14.0. The summed E-state index contributed by atoms with van der Waals surface area (Å²) in [7, 11) is 0. The van der Waals surface area contributed by atoms with Crippen LogP contribution in [0.25, 0.3) is 17.1 Å². The van der Waals surface area contributed by atoms with Crippen molar-refractivity contribution >= 4 is 17.3 Å². The molecule has 21 heavy (non-hydrogen) atoms. The first-order valence-corrected chi connectivity index (χ1v) is 6.24. The Morgan fingerprint density at radius 2 is 1.90 bits per heavy atom. The third-order valence-corrected chi connectivity index (χ3v) is 3.15. The summed E-state index contributed by atoms with van der Waals surface area (Å²) in [4.78, 5) is 0. The SMILES string of the molecule is Nc1ccccc1-c1nnnn1-c1c(F)cc(F)cc1Cl. The predicted molar refractivity (Wildman–Crippen MR) is 73.9 cm³/mol. The number of aromatic nitrogens is 4. The molecule has 0 radical (unpaired) electrons. The second-order valence-electron chi connectivity index (χ2n) is 4.22. The first-order valence-electron chi connectivity index (χ1n) is 5.86. The third-order valence-electron chi connectivity index (χ3n) is 2.86. The van der Waals surface area contributed by atoms with Gasteiger partial charge in [-0.05, 0) is 28.6 Å². The number of rotatable bonds is 2. The van der Waals surface area contributed by atoms with Crippen LogP contribution in [-0.4, -0.2) is 20.2 Å². The first-order chi connectivity index (χ1) is 10.1. The number of nitrogens with two attached hydrogens (primary N) is 1. The normalized spacial score (nSPS) is 10.8. The van der Waals surface area contributed by atoms with Crippen molar-refractivity contribution in [2.45, 2.75) is 0 Å². The zero-order valence-corrected chi connectivity index (χ0v) is 11.2. The van der Waals surface area contributed by atoms with Gasteiger partial charge in [0.15, 0.2) is 11.6 Å². The fraction of sp³-hybridized carbons (Fsp3) is 0. The second kappa shape index (κ2) is 5.10. The molecule has 5 nitrogen and oxygen atoms in total. The topological polar surface area (TPSA) is 69.6 Å². The van der Waals surface area contributed by atoms with Gasteiger partial charge in [-0.3, -0.25) is 0 Å². The summed E-state index contributed by atoms with van der Waals surface area (Å²) in [5.41, 5.74) is 6.66. The van der Waals surface area contributed by atoms with Gasteiger partial charge in [-0.25, -0.2) is 8.78 Å². The lowest BCUT2D eigenvalue weighted by molar-refractivity contribution is 0.572. The lowest BCUT2D eigenvalue weighted by Gasteiger charge is -2.09. The Labute approximate surface area is 123 Å². The van der Waals surface area contributed by atoms with Crippen molar-refractivity contribution < 1.29 is 8.78 Å². The number of hydrogen-bond donors (Lipinski definition) is 1. The number of para-hydroxylation sites is 1. The van der Waals surface area contributed by atoms with Crippen LogP contribution >= 0.6 is 11.6 Å². The summed E-state index contributed by atoms with van der Waals surface area (Å²) in [5.74, 6) is -1.45. The molecule has 0 saturated heterocycles. The Hall–Kier alpha value is -2.54. The number of anilines is 1. The molecule has 0 aliphatic heterocycles. The van der Waals surface area contributed by atoms with Gasteiger partial charge in [0.05, 0.1) is 5.02 Å². The van der Waals surface area contributed by atoms with E-state index in [1.807, 2.05) is 0 Å². The van der Waals surface area contributed by atoms with Gasteiger partial charge in [0.2, 0.25) is 0 Å². The van der Waals surface area contributed by atoms with Crippen LogP contribution in [0.3, 0.4) is 0 Å². The second-order valence-corrected chi connectivity index (χ2v) is 4.63. The van der Waals surface area contributed by atoms with E-state index >= 15 is 0 Å². The number of nitrogens with zero attached hydrogens (tertiary/aromatic N) is 4. The van der Waals surface area contributed by atoms with Crippen LogP contribution in [0.4, 0.5) is 14.5 Å². The quantitative estimate of drug-likeness (QED) is 0.739. The van der Waals surface area contributed by atoms with E-state index in [9.17, 15) is 8.78 Å². The van der Waals surface area contributed by atoms with Gasteiger partial charge < -0.3 is 5.73 Å². The van der Waals surface area contributed by atoms with Crippen molar-refractivity contribution in [1.82, 2.24) is 20.2 Å². The van der Waals surface area contributed by atoms with E-state index in [-0.39, 0.29) is 16.5 Å². The summed E-state index contributed by atoms with van der Waals surface area (Å²) in [6, 6.07) is 8.54. The van der Waals surface area contributed by atoms with Gasteiger partial charge >= 0.3 is 0 Å². The summed E-state index contributed by atoms with van der Waals surface area (Å²) in [6.07, 6.45) is 0. The molecular formula is C13H8ClF2N5. The molecule has 2 N–H and O–H groups in total. The average Bonchev–Trinajstić information content (AvgIpc) is 2.87. The molecule has 3 rings (SSSR count). The Kier molecular flexibility index (Phi) is 3.26. The highest BCUT2D eigenvalue weighted by atomic mass is 35.5. The number of tetrazole rings is 1. The van der Waals surface area contributed by atoms with Gasteiger partial charge in [0.25, 0.3) is 0 Å². The van der Waals surface area contributed by atoms with Gasteiger partial charge in [-0.15, -0.1) is 5.10 Å². The molecule has 106 valence electrons. The number of benzene rings is 2. The third kappa shape index (κ3) is 2.31. The smallest absolute Gasteiger partial charge is 0.189 e. The molecule has 2 aromatic carbocycles. The minimum Gasteiger partial charge on any atom is -0.398 e. The van der Waals surface area contributed by atoms with E-state index in [2.05, 4.69) is 15.5 Å². The highest BCUT2D eigenvalue weighted by molar-refractivity contribution is 6.32. The highest BCUT2D eigenvalue weighted by Crippen LogP contribution is 2.30. The monoisotopic (exact) mass is 307 g/mol. The van der Waals surface area contributed by atoms with E-state index in [4.69, 9.17) is 17.3 Å². The molecular weight excluding hydrogens is 300 g/mol. The van der Waals surface area contributed by atoms with Crippen molar-refractivity contribution in [3.8, 4) is 17.1 Å². The van der Waals surface area contributed by atoms with Crippen LogP contribution in [0, 0.1) is 11.6 Å². The fourth-order valence-corrected chi connectivity index (χ4v) is 2.22. The van der Waals surface area contributed by atoms with E-state index < -0.39 is 11.6 Å². The number of nitrogen functional groups attached to an aromatic ring is 1. The van der Waals surface area contributed by atoms with Crippen molar-refractivity contribution in [2.75, 3.05) is 5.73 Å². The molecule has 0 amide bonds. The molecule has 0 fully saturated rings. The number of hydrogen-bond acceptors (Lipinski definition) is 4. The van der Waals surface area contributed by atoms with Crippen LogP contribution in [-0.2, 0) is 0 Å². The lowest BCUT2D eigenvalue weighted by atomic mass is 10.1. The Bertz CT molecular complexity index is 795. The average molecular weight is 308 g/mol. The highest BCUT2D eigenvalue weighted by Gasteiger charge is 2.19. The van der Waals surface area contributed by atoms with Crippen molar-refractivity contribution in [2.24, 2.45) is 0 Å². The van der Waals surface area contributed by atoms with E-state index in [1.54, 1.807) is 24.3 Å². The summed E-state index contributed by atoms with van der Waals surface area (Å²) < 4.78 is 28.2. The Morgan fingerprint density at radius 1 is 1.14 bits per heavy atom. The molecule has 0 spiro atoms. The van der Waals surface area contributed by atoms with Crippen LogP contribution in [0.1, 0.15) is 0 Å². The fourth-order valence-electron chi connectivity index (χ4n) is 1.94. The largest absolute Gasteiger partial charge is 0.398 e. The Morgan fingerprint density at radius 3 is 2.62 bits per heavy atom. The summed E-state index contributed by atoms with van der Waals surface area (Å²) in [6.45, 7) is 0. The van der Waals surface area contributed by atoms with Gasteiger partial charge in [0.1, 0.15) is 11.5 Å². The van der Waals surface area contributed by atoms with Crippen molar-refractivity contribution in [3.63, 3.8) is 0 Å². The summed E-state index contributed by atoms with van der Waals surface area (Å²) in [5, 5.41) is 10.9. The molecule has 0 atom stereocenters. The number of halogens is 3. The summed E-state index contributed by atoms with van der Waals surface area (Å²) >= 11 is 5.90. The molecule has 1 aromatic heterocycles. The van der Waals surface area contributed by atoms with Crippen molar-refractivity contribution in [1.29, 1.82) is 0 Å². The van der Waals surface area contributed by atoms with E-state index in [0.29, 0.717) is 17.3 Å². The predicted octanol–water partition coefficient (Wildman–Crippen LogP) is 2.84. The van der Waals surface area contributed by atoms with Crippen LogP contribution in [0.5, 0.6) is 0 Å². The van der Waals surface area contributed by atoms with E-state index in [0.717, 1.165) is 10.7 Å². The maximum Gasteiger partial charge on any atom is 0.189 e. The molecule has 0 saturated carbocycles. The first kappa shape index (κ1) is 13.4. The minimum atomic E-state index is -0.872. The van der Waals surface area contributed by atoms with Crippen LogP contribution in [0.15, 0.2) is 36.4 Å². The zero-order chi connectivity index (χ0) is 15.0. The van der Waals surface area contributed by atoms with Gasteiger partial charge in [-0.1, -0.05) is 23.7 Å². The van der Waals surface area contributed by atoms with E-state index in [1.165, 1.54) is 0 Å². The lowest BCUT2D eigenvalue weighted by Crippen LogP contribution is -2.05. The zero-order valence-electron chi connectivity index (χ0n) is 10.5. The Balaban J connectivity index is 2.24.